The van der Waals surface area contributed by atoms with E-state index in [4.69, 9.17) is 4.74 Å². The number of hydrogen-bond donors (Lipinski definition) is 1. The highest BCUT2D eigenvalue weighted by Gasteiger charge is 2.23. The zero-order valence-electron chi connectivity index (χ0n) is 10.0. The third kappa shape index (κ3) is 3.74. The van der Waals surface area contributed by atoms with Gasteiger partial charge in [0.2, 0.25) is 0 Å². The zero-order valence-corrected chi connectivity index (χ0v) is 10.0. The smallest absolute Gasteiger partial charge is 0.0674 e. The van der Waals surface area contributed by atoms with E-state index in [0.717, 1.165) is 25.6 Å². The van der Waals surface area contributed by atoms with Crippen LogP contribution in [0.3, 0.4) is 0 Å². The van der Waals surface area contributed by atoms with Crippen molar-refractivity contribution in [2.24, 2.45) is 5.92 Å². The lowest BCUT2D eigenvalue weighted by Crippen LogP contribution is -2.49. The molecule has 2 rings (SSSR count). The molecule has 88 valence electrons. The van der Waals surface area contributed by atoms with Crippen LogP contribution >= 0.6 is 0 Å². The fraction of sp³-hybridized carbons (Fsp3) is 1.00. The number of nitrogens with zero attached hydrogens (tertiary/aromatic N) is 1. The van der Waals surface area contributed by atoms with E-state index >= 15 is 0 Å². The first-order valence-corrected chi connectivity index (χ1v) is 6.32. The van der Waals surface area contributed by atoms with Crippen LogP contribution in [0.4, 0.5) is 0 Å². The molecular formula is C12H24N2O. The van der Waals surface area contributed by atoms with Gasteiger partial charge in [0, 0.05) is 25.7 Å². The summed E-state index contributed by atoms with van der Waals surface area (Å²) < 4.78 is 5.61. The van der Waals surface area contributed by atoms with Crippen LogP contribution < -0.4 is 5.32 Å². The molecule has 2 unspecified atom stereocenters. The fourth-order valence-electron chi connectivity index (χ4n) is 2.13. The molecule has 0 aromatic rings. The van der Waals surface area contributed by atoms with Crippen LogP contribution in [0.15, 0.2) is 0 Å². The summed E-state index contributed by atoms with van der Waals surface area (Å²) in [5, 5.41) is 3.55. The van der Waals surface area contributed by atoms with Crippen LogP contribution in [0, 0.1) is 5.92 Å². The van der Waals surface area contributed by atoms with Crippen LogP contribution in [0.25, 0.3) is 0 Å². The Bertz CT molecular complexity index is 194. The monoisotopic (exact) mass is 212 g/mol. The third-order valence-corrected chi connectivity index (χ3v) is 3.44. The summed E-state index contributed by atoms with van der Waals surface area (Å²) in [6.07, 6.45) is 3.29. The first-order chi connectivity index (χ1) is 7.25. The minimum absolute atomic E-state index is 0.407. The van der Waals surface area contributed by atoms with Gasteiger partial charge in [-0.05, 0) is 39.2 Å². The van der Waals surface area contributed by atoms with Crippen LogP contribution in [-0.4, -0.2) is 49.8 Å². The number of nitrogens with one attached hydrogen (secondary N) is 1. The molecule has 0 radical (unpaired) electrons. The number of rotatable bonds is 5. The maximum atomic E-state index is 5.61. The molecule has 3 heteroatoms. The Kier molecular flexibility index (Phi) is 4.00. The van der Waals surface area contributed by atoms with Gasteiger partial charge in [0.05, 0.1) is 12.7 Å². The molecular weight excluding hydrogens is 188 g/mol. The Morgan fingerprint density at radius 1 is 1.33 bits per heavy atom. The molecule has 0 spiro atoms. The first kappa shape index (κ1) is 11.4. The average Bonchev–Trinajstić information content (AvgIpc) is 3.01. The van der Waals surface area contributed by atoms with Gasteiger partial charge in [0.15, 0.2) is 0 Å². The van der Waals surface area contributed by atoms with Crippen molar-refractivity contribution < 1.29 is 4.74 Å². The van der Waals surface area contributed by atoms with Gasteiger partial charge >= 0.3 is 0 Å². The first-order valence-electron chi connectivity index (χ1n) is 6.32. The summed E-state index contributed by atoms with van der Waals surface area (Å²) in [5.41, 5.74) is 0. The Morgan fingerprint density at radius 2 is 2.13 bits per heavy atom. The normalized spacial score (nSPS) is 33.2. The second kappa shape index (κ2) is 5.28. The van der Waals surface area contributed by atoms with Crippen molar-refractivity contribution in [2.45, 2.75) is 38.8 Å². The number of hydrogen-bond acceptors (Lipinski definition) is 3. The fourth-order valence-corrected chi connectivity index (χ4v) is 2.13. The highest BCUT2D eigenvalue weighted by molar-refractivity contribution is 4.78. The van der Waals surface area contributed by atoms with Crippen molar-refractivity contribution >= 4 is 0 Å². The molecule has 1 aliphatic carbocycles. The quantitative estimate of drug-likeness (QED) is 0.691. The highest BCUT2D eigenvalue weighted by atomic mass is 16.5. The highest BCUT2D eigenvalue weighted by Crippen LogP contribution is 2.27. The second-order valence-electron chi connectivity index (χ2n) is 5.14. The summed E-state index contributed by atoms with van der Waals surface area (Å²) in [6, 6.07) is 0.587. The van der Waals surface area contributed by atoms with Crippen molar-refractivity contribution in [3.63, 3.8) is 0 Å². The van der Waals surface area contributed by atoms with Gasteiger partial charge in [-0.3, -0.25) is 4.90 Å². The van der Waals surface area contributed by atoms with Gasteiger partial charge in [-0.2, -0.15) is 0 Å². The van der Waals surface area contributed by atoms with E-state index < -0.39 is 0 Å². The number of ether oxygens (including phenoxy) is 1. The van der Waals surface area contributed by atoms with Gasteiger partial charge in [-0.15, -0.1) is 0 Å². The van der Waals surface area contributed by atoms with Crippen LogP contribution in [0.2, 0.25) is 0 Å². The minimum Gasteiger partial charge on any atom is -0.376 e. The van der Waals surface area contributed by atoms with Crippen molar-refractivity contribution in [3.05, 3.63) is 0 Å². The Hall–Kier alpha value is -0.120. The lowest BCUT2D eigenvalue weighted by molar-refractivity contribution is -0.0486. The van der Waals surface area contributed by atoms with E-state index in [1.807, 2.05) is 0 Å². The third-order valence-electron chi connectivity index (χ3n) is 3.44. The van der Waals surface area contributed by atoms with E-state index in [9.17, 15) is 0 Å². The lowest BCUT2D eigenvalue weighted by atomic mass is 10.2. The molecule has 15 heavy (non-hydrogen) atoms. The molecule has 3 nitrogen and oxygen atoms in total. The Balaban J connectivity index is 1.58. The molecule has 1 saturated heterocycles. The molecule has 0 bridgehead atoms. The van der Waals surface area contributed by atoms with E-state index in [-0.39, 0.29) is 0 Å². The van der Waals surface area contributed by atoms with Crippen molar-refractivity contribution in [1.82, 2.24) is 10.2 Å². The predicted octanol–water partition coefficient (Wildman–Crippen LogP) is 1.10. The average molecular weight is 212 g/mol. The van der Waals surface area contributed by atoms with E-state index in [1.54, 1.807) is 0 Å². The Labute approximate surface area is 93.2 Å². The lowest BCUT2D eigenvalue weighted by Gasteiger charge is -2.36. The summed E-state index contributed by atoms with van der Waals surface area (Å²) in [5.74, 6) is 0.992. The molecule has 2 aliphatic rings. The summed E-state index contributed by atoms with van der Waals surface area (Å²) in [6.45, 7) is 9.93. The molecule has 1 saturated carbocycles. The summed E-state index contributed by atoms with van der Waals surface area (Å²) in [7, 11) is 0. The van der Waals surface area contributed by atoms with Gasteiger partial charge in [0.1, 0.15) is 0 Å². The summed E-state index contributed by atoms with van der Waals surface area (Å²) in [4.78, 5) is 2.54. The molecule has 1 aliphatic heterocycles. The van der Waals surface area contributed by atoms with Crippen LogP contribution in [-0.2, 0) is 4.74 Å². The van der Waals surface area contributed by atoms with Gasteiger partial charge < -0.3 is 10.1 Å². The molecule has 1 N–H and O–H groups in total. The van der Waals surface area contributed by atoms with Crippen molar-refractivity contribution in [3.8, 4) is 0 Å². The molecule has 0 aromatic heterocycles. The van der Waals surface area contributed by atoms with Crippen molar-refractivity contribution in [2.75, 3.05) is 32.8 Å². The standard InChI is InChI=1S/C12H24N2O/c1-10-9-15-11(2)8-14(10)6-5-13-7-12-3-4-12/h10-13H,3-9H2,1-2H3. The van der Waals surface area contributed by atoms with E-state index in [0.29, 0.717) is 12.1 Å². The molecule has 0 amide bonds. The summed E-state index contributed by atoms with van der Waals surface area (Å²) >= 11 is 0. The molecule has 0 aromatic carbocycles. The van der Waals surface area contributed by atoms with Gasteiger partial charge in [-0.1, -0.05) is 0 Å². The second-order valence-corrected chi connectivity index (χ2v) is 5.14. The number of morpholine rings is 1. The molecule has 2 fully saturated rings. The topological polar surface area (TPSA) is 24.5 Å². The van der Waals surface area contributed by atoms with Gasteiger partial charge in [0.25, 0.3) is 0 Å². The Morgan fingerprint density at radius 3 is 2.87 bits per heavy atom. The van der Waals surface area contributed by atoms with Crippen LogP contribution in [0.5, 0.6) is 0 Å². The zero-order chi connectivity index (χ0) is 10.7. The molecule has 2 atom stereocenters. The molecule has 1 heterocycles. The predicted molar refractivity (Wildman–Crippen MR) is 62.0 cm³/mol. The van der Waals surface area contributed by atoms with Crippen molar-refractivity contribution in [1.29, 1.82) is 0 Å². The van der Waals surface area contributed by atoms with E-state index in [1.165, 1.54) is 25.9 Å². The largest absolute Gasteiger partial charge is 0.376 e. The maximum absolute atomic E-state index is 5.61. The minimum atomic E-state index is 0.407. The van der Waals surface area contributed by atoms with Gasteiger partial charge in [-0.25, -0.2) is 0 Å². The maximum Gasteiger partial charge on any atom is 0.0674 e. The van der Waals surface area contributed by atoms with Crippen LogP contribution in [0.1, 0.15) is 26.7 Å². The SMILES string of the molecule is CC1CN(CCNCC2CC2)C(C)CO1. The van der Waals surface area contributed by atoms with E-state index in [2.05, 4.69) is 24.1 Å².